The molecule has 192 valence electrons. The lowest BCUT2D eigenvalue weighted by Gasteiger charge is -2.40. The van der Waals surface area contributed by atoms with Gasteiger partial charge in [0.25, 0.3) is 0 Å². The summed E-state index contributed by atoms with van der Waals surface area (Å²) in [5, 5.41) is 3.05. The maximum atomic E-state index is 12.1. The molecular weight excluding hydrogens is 448 g/mol. The number of hydrogen-bond acceptors (Lipinski definition) is 4. The van der Waals surface area contributed by atoms with Crippen molar-refractivity contribution >= 4 is 22.6 Å². The van der Waals surface area contributed by atoms with Gasteiger partial charge in [0, 0.05) is 44.8 Å². The summed E-state index contributed by atoms with van der Waals surface area (Å²) in [6, 6.07) is 13.3. The quantitative estimate of drug-likeness (QED) is 0.498. The number of amides is 1. The molecule has 1 aromatic heterocycles. The standard InChI is InChI=1S/C30H40N4O2/c1-6-29-32-25-13-20(4)7-10-26(25)34(29)27-11-12-33(18-28(27)36-5)17-21-14-22-8-9-24(16-23(22)15-21)31-30(35)19(2)3/h7-10,13,16,19,21,27-28H,6,11-12,14-15,17-18H2,1-5H3,(H,31,35). The van der Waals surface area contributed by atoms with E-state index >= 15 is 0 Å². The number of carbonyl (C=O) groups excluding carboxylic acids is 1. The third-order valence-corrected chi connectivity index (χ3v) is 8.01. The van der Waals surface area contributed by atoms with Gasteiger partial charge in [0.15, 0.2) is 0 Å². The van der Waals surface area contributed by atoms with Crippen LogP contribution in [0.1, 0.15) is 55.7 Å². The van der Waals surface area contributed by atoms with Gasteiger partial charge >= 0.3 is 0 Å². The van der Waals surface area contributed by atoms with Gasteiger partial charge in [-0.3, -0.25) is 4.79 Å². The maximum absolute atomic E-state index is 12.1. The summed E-state index contributed by atoms with van der Waals surface area (Å²) in [6.07, 6.45) is 4.31. The monoisotopic (exact) mass is 488 g/mol. The van der Waals surface area contributed by atoms with E-state index in [9.17, 15) is 4.79 Å². The van der Waals surface area contributed by atoms with Crippen LogP contribution in [0, 0.1) is 18.8 Å². The summed E-state index contributed by atoms with van der Waals surface area (Å²) in [5.74, 6) is 1.82. The van der Waals surface area contributed by atoms with Gasteiger partial charge in [0.2, 0.25) is 5.91 Å². The Morgan fingerprint density at radius 3 is 2.72 bits per heavy atom. The van der Waals surface area contributed by atoms with E-state index in [0.717, 1.165) is 62.3 Å². The molecule has 0 spiro atoms. The molecule has 1 amide bonds. The molecule has 3 aromatic rings. The Morgan fingerprint density at radius 1 is 1.17 bits per heavy atom. The number of aromatic nitrogens is 2. The molecule has 1 N–H and O–H groups in total. The fourth-order valence-electron chi connectivity index (χ4n) is 6.11. The predicted molar refractivity (Wildman–Crippen MR) is 146 cm³/mol. The molecule has 36 heavy (non-hydrogen) atoms. The third-order valence-electron chi connectivity index (χ3n) is 8.01. The summed E-state index contributed by atoms with van der Waals surface area (Å²) in [7, 11) is 1.86. The average molecular weight is 489 g/mol. The van der Waals surface area contributed by atoms with Crippen LogP contribution in [0.25, 0.3) is 11.0 Å². The van der Waals surface area contributed by atoms with Gasteiger partial charge in [-0.15, -0.1) is 0 Å². The molecule has 1 aliphatic heterocycles. The van der Waals surface area contributed by atoms with E-state index in [1.807, 2.05) is 21.0 Å². The number of nitrogens with zero attached hydrogens (tertiary/aromatic N) is 3. The first-order valence-corrected chi connectivity index (χ1v) is 13.5. The van der Waals surface area contributed by atoms with Crippen molar-refractivity contribution < 1.29 is 9.53 Å². The molecule has 1 aliphatic carbocycles. The van der Waals surface area contributed by atoms with Crippen molar-refractivity contribution in [3.05, 3.63) is 58.9 Å². The van der Waals surface area contributed by atoms with Crippen LogP contribution in [0.3, 0.4) is 0 Å². The molecule has 1 saturated heterocycles. The highest BCUT2D eigenvalue weighted by Crippen LogP contribution is 2.34. The Bertz CT molecular complexity index is 1250. The predicted octanol–water partition coefficient (Wildman–Crippen LogP) is 5.18. The van der Waals surface area contributed by atoms with Gasteiger partial charge in [0.05, 0.1) is 23.2 Å². The number of anilines is 1. The smallest absolute Gasteiger partial charge is 0.226 e. The Labute approximate surface area is 215 Å². The Balaban J connectivity index is 1.25. The van der Waals surface area contributed by atoms with Crippen LogP contribution >= 0.6 is 0 Å². The molecule has 0 radical (unpaired) electrons. The minimum absolute atomic E-state index is 0.0134. The van der Waals surface area contributed by atoms with E-state index in [4.69, 9.17) is 9.72 Å². The molecule has 0 saturated carbocycles. The molecule has 5 rings (SSSR count). The number of piperidine rings is 1. The third kappa shape index (κ3) is 4.94. The van der Waals surface area contributed by atoms with Crippen LogP contribution in [-0.4, -0.2) is 53.2 Å². The van der Waals surface area contributed by atoms with Crippen LogP contribution in [0.15, 0.2) is 36.4 Å². The molecule has 1 fully saturated rings. The van der Waals surface area contributed by atoms with Crippen LogP contribution in [0.5, 0.6) is 0 Å². The molecule has 0 bridgehead atoms. The molecule has 2 aliphatic rings. The van der Waals surface area contributed by atoms with Crippen LogP contribution in [0.2, 0.25) is 0 Å². The molecule has 2 heterocycles. The van der Waals surface area contributed by atoms with E-state index in [2.05, 4.69) is 65.0 Å². The van der Waals surface area contributed by atoms with Gasteiger partial charge < -0.3 is 19.5 Å². The number of carbonyl (C=O) groups is 1. The maximum Gasteiger partial charge on any atom is 0.226 e. The lowest BCUT2D eigenvalue weighted by atomic mass is 9.98. The van der Waals surface area contributed by atoms with Crippen LogP contribution in [0.4, 0.5) is 5.69 Å². The van der Waals surface area contributed by atoms with Crippen molar-refractivity contribution in [2.45, 2.75) is 65.5 Å². The van der Waals surface area contributed by atoms with Crippen molar-refractivity contribution in [2.75, 3.05) is 32.1 Å². The highest BCUT2D eigenvalue weighted by atomic mass is 16.5. The topological polar surface area (TPSA) is 59.4 Å². The highest BCUT2D eigenvalue weighted by Gasteiger charge is 2.34. The summed E-state index contributed by atoms with van der Waals surface area (Å²) in [5.41, 5.74) is 7.30. The first kappa shape index (κ1) is 25.0. The Hall–Kier alpha value is -2.70. The zero-order valence-electron chi connectivity index (χ0n) is 22.4. The fourth-order valence-corrected chi connectivity index (χ4v) is 6.11. The minimum atomic E-state index is -0.0134. The lowest BCUT2D eigenvalue weighted by molar-refractivity contribution is -0.118. The molecule has 6 nitrogen and oxygen atoms in total. The van der Waals surface area contributed by atoms with E-state index in [1.165, 1.54) is 22.2 Å². The molecule has 2 aromatic carbocycles. The van der Waals surface area contributed by atoms with Crippen molar-refractivity contribution in [1.29, 1.82) is 0 Å². The summed E-state index contributed by atoms with van der Waals surface area (Å²) in [4.78, 5) is 19.7. The molecule has 3 atom stereocenters. The number of benzene rings is 2. The molecular formula is C30H40N4O2. The Kier molecular flexibility index (Phi) is 7.18. The number of fused-ring (bicyclic) bond motifs is 2. The van der Waals surface area contributed by atoms with Crippen LogP contribution < -0.4 is 5.32 Å². The number of likely N-dealkylation sites (tertiary alicyclic amines) is 1. The summed E-state index contributed by atoms with van der Waals surface area (Å²) < 4.78 is 8.55. The minimum Gasteiger partial charge on any atom is -0.378 e. The average Bonchev–Trinajstić information content (AvgIpc) is 3.43. The van der Waals surface area contributed by atoms with E-state index in [0.29, 0.717) is 12.0 Å². The van der Waals surface area contributed by atoms with Gasteiger partial charge in [-0.2, -0.15) is 0 Å². The number of rotatable bonds is 7. The number of imidazole rings is 1. The largest absolute Gasteiger partial charge is 0.378 e. The first-order valence-electron chi connectivity index (χ1n) is 13.5. The SMILES string of the molecule is CCc1nc2cc(C)ccc2n1C1CCN(CC2Cc3ccc(NC(=O)C(C)C)cc3C2)CC1OC. The van der Waals surface area contributed by atoms with Gasteiger partial charge in [-0.25, -0.2) is 4.98 Å². The second-order valence-corrected chi connectivity index (χ2v) is 11.0. The zero-order valence-corrected chi connectivity index (χ0v) is 22.4. The summed E-state index contributed by atoms with van der Waals surface area (Å²) in [6.45, 7) is 11.3. The molecule has 3 unspecified atom stereocenters. The number of nitrogens with one attached hydrogen (secondary N) is 1. The second-order valence-electron chi connectivity index (χ2n) is 11.0. The van der Waals surface area contributed by atoms with Crippen LogP contribution in [-0.2, 0) is 28.8 Å². The Morgan fingerprint density at radius 2 is 1.97 bits per heavy atom. The molecule has 6 heteroatoms. The van der Waals surface area contributed by atoms with Gasteiger partial charge in [0.1, 0.15) is 5.82 Å². The highest BCUT2D eigenvalue weighted by molar-refractivity contribution is 5.92. The number of aryl methyl sites for hydroxylation is 2. The van der Waals surface area contributed by atoms with Crippen molar-refractivity contribution in [2.24, 2.45) is 11.8 Å². The lowest BCUT2D eigenvalue weighted by Crippen LogP contribution is -2.47. The van der Waals surface area contributed by atoms with E-state index in [1.54, 1.807) is 0 Å². The fraction of sp³-hybridized carbons (Fsp3) is 0.533. The van der Waals surface area contributed by atoms with Crippen molar-refractivity contribution in [3.63, 3.8) is 0 Å². The summed E-state index contributed by atoms with van der Waals surface area (Å²) >= 11 is 0. The number of hydrogen-bond donors (Lipinski definition) is 1. The second kappa shape index (κ2) is 10.3. The van der Waals surface area contributed by atoms with E-state index in [-0.39, 0.29) is 17.9 Å². The normalized spacial score (nSPS) is 22.3. The number of ether oxygens (including phenoxy) is 1. The van der Waals surface area contributed by atoms with Crippen molar-refractivity contribution in [3.8, 4) is 0 Å². The zero-order chi connectivity index (χ0) is 25.4. The van der Waals surface area contributed by atoms with Gasteiger partial charge in [-0.1, -0.05) is 32.9 Å². The number of methoxy groups -OCH3 is 1. The van der Waals surface area contributed by atoms with E-state index < -0.39 is 0 Å². The first-order chi connectivity index (χ1) is 17.4. The van der Waals surface area contributed by atoms with Crippen molar-refractivity contribution in [1.82, 2.24) is 14.5 Å². The van der Waals surface area contributed by atoms with Gasteiger partial charge in [-0.05, 0) is 73.1 Å².